The molecule has 0 atom stereocenters. The lowest BCUT2D eigenvalue weighted by Crippen LogP contribution is -2.30. The normalized spacial score (nSPS) is 10.6. The molecular formula is C15H15N3OS. The van der Waals surface area contributed by atoms with E-state index >= 15 is 0 Å². The van der Waals surface area contributed by atoms with E-state index in [1.807, 2.05) is 23.7 Å². The van der Waals surface area contributed by atoms with Gasteiger partial charge in [0.05, 0.1) is 5.00 Å². The number of fused-ring (bicyclic) bond motifs is 1. The summed E-state index contributed by atoms with van der Waals surface area (Å²) in [5.74, 6) is 0. The van der Waals surface area contributed by atoms with E-state index in [-0.39, 0.29) is 6.03 Å². The van der Waals surface area contributed by atoms with Gasteiger partial charge in [0.25, 0.3) is 0 Å². The molecule has 2 heterocycles. The van der Waals surface area contributed by atoms with Crippen molar-refractivity contribution >= 4 is 33.3 Å². The van der Waals surface area contributed by atoms with Crippen LogP contribution in [0.3, 0.4) is 0 Å². The fourth-order valence-corrected chi connectivity index (χ4v) is 2.70. The van der Waals surface area contributed by atoms with Crippen molar-refractivity contribution in [3.05, 3.63) is 53.5 Å². The van der Waals surface area contributed by atoms with Crippen LogP contribution in [0.5, 0.6) is 0 Å². The van der Waals surface area contributed by atoms with E-state index in [4.69, 9.17) is 0 Å². The minimum absolute atomic E-state index is 0.157. The quantitative estimate of drug-likeness (QED) is 0.674. The molecular weight excluding hydrogens is 270 g/mol. The molecule has 3 rings (SSSR count). The van der Waals surface area contributed by atoms with Crippen LogP contribution in [0.2, 0.25) is 0 Å². The highest BCUT2D eigenvalue weighted by Crippen LogP contribution is 2.15. The van der Waals surface area contributed by atoms with E-state index in [1.165, 1.54) is 22.3 Å². The average Bonchev–Trinajstić information content (AvgIpc) is 3.09. The number of benzene rings is 1. The number of anilines is 1. The van der Waals surface area contributed by atoms with E-state index in [9.17, 15) is 4.79 Å². The zero-order valence-electron chi connectivity index (χ0n) is 10.8. The number of urea groups is 1. The summed E-state index contributed by atoms with van der Waals surface area (Å²) < 4.78 is 0. The molecule has 102 valence electrons. The molecule has 1 aromatic carbocycles. The number of carbonyl (C=O) groups is 1. The Hall–Kier alpha value is -2.27. The third kappa shape index (κ3) is 3.00. The van der Waals surface area contributed by atoms with Crippen molar-refractivity contribution in [3.8, 4) is 0 Å². The molecule has 5 heteroatoms. The minimum atomic E-state index is -0.157. The Morgan fingerprint density at radius 1 is 1.25 bits per heavy atom. The molecule has 0 saturated heterocycles. The van der Waals surface area contributed by atoms with Crippen LogP contribution < -0.4 is 10.6 Å². The van der Waals surface area contributed by atoms with Crippen molar-refractivity contribution in [2.24, 2.45) is 0 Å². The first-order valence-corrected chi connectivity index (χ1v) is 7.33. The summed E-state index contributed by atoms with van der Waals surface area (Å²) in [6.45, 7) is 0.618. The molecule has 20 heavy (non-hydrogen) atoms. The molecule has 2 aromatic heterocycles. The second kappa shape index (κ2) is 5.79. The lowest BCUT2D eigenvalue weighted by molar-refractivity contribution is 0.252. The Morgan fingerprint density at radius 2 is 2.20 bits per heavy atom. The maximum atomic E-state index is 11.7. The number of carbonyl (C=O) groups excluding carboxylic acids is 1. The number of aromatic amines is 1. The Balaban J connectivity index is 1.50. The average molecular weight is 285 g/mol. The zero-order valence-corrected chi connectivity index (χ0v) is 11.7. The number of H-pyrrole nitrogens is 1. The van der Waals surface area contributed by atoms with Crippen LogP contribution in [-0.2, 0) is 6.42 Å². The van der Waals surface area contributed by atoms with Gasteiger partial charge in [0, 0.05) is 18.3 Å². The predicted octanol–water partition coefficient (Wildman–Crippen LogP) is 3.59. The predicted molar refractivity (Wildman–Crippen MR) is 83.3 cm³/mol. The van der Waals surface area contributed by atoms with Crippen LogP contribution in [-0.4, -0.2) is 17.6 Å². The summed E-state index contributed by atoms with van der Waals surface area (Å²) in [5.41, 5.74) is 2.35. The first-order chi connectivity index (χ1) is 9.81. The molecule has 0 aliphatic carbocycles. The lowest BCUT2D eigenvalue weighted by atomic mass is 10.1. The number of hydrogen-bond donors (Lipinski definition) is 3. The number of rotatable bonds is 4. The Bertz CT molecular complexity index is 703. The molecule has 0 unspecified atom stereocenters. The SMILES string of the molecule is O=C(NCCc1ccc2[nH]ccc2c1)Nc1cccs1. The first-order valence-electron chi connectivity index (χ1n) is 6.46. The van der Waals surface area contributed by atoms with Crippen LogP contribution >= 0.6 is 11.3 Å². The smallest absolute Gasteiger partial charge is 0.319 e. The van der Waals surface area contributed by atoms with Crippen LogP contribution in [0.15, 0.2) is 48.0 Å². The van der Waals surface area contributed by atoms with Gasteiger partial charge in [0.1, 0.15) is 0 Å². The van der Waals surface area contributed by atoms with Gasteiger partial charge in [0.2, 0.25) is 0 Å². The van der Waals surface area contributed by atoms with Crippen molar-refractivity contribution in [3.63, 3.8) is 0 Å². The van der Waals surface area contributed by atoms with Gasteiger partial charge in [-0.05, 0) is 53.1 Å². The maximum absolute atomic E-state index is 11.7. The van der Waals surface area contributed by atoms with Crippen molar-refractivity contribution in [2.75, 3.05) is 11.9 Å². The molecule has 0 radical (unpaired) electrons. The van der Waals surface area contributed by atoms with Crippen LogP contribution in [0.4, 0.5) is 9.80 Å². The molecule has 3 aromatic rings. The minimum Gasteiger partial charge on any atom is -0.361 e. The van der Waals surface area contributed by atoms with E-state index in [1.54, 1.807) is 0 Å². The Morgan fingerprint density at radius 3 is 3.05 bits per heavy atom. The van der Waals surface area contributed by atoms with Gasteiger partial charge in [-0.25, -0.2) is 4.79 Å². The van der Waals surface area contributed by atoms with Gasteiger partial charge in [0.15, 0.2) is 0 Å². The summed E-state index contributed by atoms with van der Waals surface area (Å²) in [4.78, 5) is 14.8. The summed E-state index contributed by atoms with van der Waals surface area (Å²) in [6, 6.07) is 12.0. The van der Waals surface area contributed by atoms with Gasteiger partial charge in [-0.2, -0.15) is 0 Å². The fourth-order valence-electron chi connectivity index (χ4n) is 2.08. The number of amides is 2. The van der Waals surface area contributed by atoms with Gasteiger partial charge in [-0.15, -0.1) is 11.3 Å². The van der Waals surface area contributed by atoms with Crippen LogP contribution in [0.1, 0.15) is 5.56 Å². The Labute approximate surface area is 120 Å². The van der Waals surface area contributed by atoms with Crippen molar-refractivity contribution < 1.29 is 4.79 Å². The van der Waals surface area contributed by atoms with Gasteiger partial charge in [-0.1, -0.05) is 6.07 Å². The topological polar surface area (TPSA) is 56.9 Å². The van der Waals surface area contributed by atoms with Gasteiger partial charge < -0.3 is 10.3 Å². The summed E-state index contributed by atoms with van der Waals surface area (Å²) >= 11 is 1.51. The van der Waals surface area contributed by atoms with Gasteiger partial charge >= 0.3 is 6.03 Å². The van der Waals surface area contributed by atoms with E-state index in [0.717, 1.165) is 16.9 Å². The van der Waals surface area contributed by atoms with Crippen molar-refractivity contribution in [2.45, 2.75) is 6.42 Å². The largest absolute Gasteiger partial charge is 0.361 e. The highest BCUT2D eigenvalue weighted by molar-refractivity contribution is 7.14. The molecule has 0 aliphatic heterocycles. The third-order valence-electron chi connectivity index (χ3n) is 3.07. The highest BCUT2D eigenvalue weighted by Gasteiger charge is 2.02. The van der Waals surface area contributed by atoms with E-state index < -0.39 is 0 Å². The Kier molecular flexibility index (Phi) is 3.69. The standard InChI is InChI=1S/C15H15N3OS/c19-15(18-14-2-1-9-20-14)17-7-5-11-3-4-13-12(10-11)6-8-16-13/h1-4,6,8-10,16H,5,7H2,(H2,17,18,19). The van der Waals surface area contributed by atoms with E-state index in [2.05, 4.69) is 39.9 Å². The number of nitrogens with one attached hydrogen (secondary N) is 3. The highest BCUT2D eigenvalue weighted by atomic mass is 32.1. The number of hydrogen-bond acceptors (Lipinski definition) is 2. The third-order valence-corrected chi connectivity index (χ3v) is 3.86. The molecule has 0 aliphatic rings. The zero-order chi connectivity index (χ0) is 13.8. The summed E-state index contributed by atoms with van der Waals surface area (Å²) in [7, 11) is 0. The van der Waals surface area contributed by atoms with Gasteiger partial charge in [-0.3, -0.25) is 5.32 Å². The van der Waals surface area contributed by atoms with Crippen LogP contribution in [0.25, 0.3) is 10.9 Å². The molecule has 2 amide bonds. The summed E-state index contributed by atoms with van der Waals surface area (Å²) in [6.07, 6.45) is 2.75. The number of thiophene rings is 1. The van der Waals surface area contributed by atoms with Crippen molar-refractivity contribution in [1.82, 2.24) is 10.3 Å². The molecule has 0 spiro atoms. The van der Waals surface area contributed by atoms with Crippen LogP contribution in [0, 0.1) is 0 Å². The fraction of sp³-hybridized carbons (Fsp3) is 0.133. The lowest BCUT2D eigenvalue weighted by Gasteiger charge is -2.06. The molecule has 3 N–H and O–H groups in total. The molecule has 4 nitrogen and oxygen atoms in total. The molecule has 0 bridgehead atoms. The second-order valence-corrected chi connectivity index (χ2v) is 5.46. The van der Waals surface area contributed by atoms with E-state index in [0.29, 0.717) is 6.54 Å². The number of aromatic nitrogens is 1. The summed E-state index contributed by atoms with van der Waals surface area (Å²) in [5, 5.41) is 9.65. The second-order valence-electron chi connectivity index (χ2n) is 4.51. The monoisotopic (exact) mass is 285 g/mol. The maximum Gasteiger partial charge on any atom is 0.319 e. The molecule has 0 saturated carbocycles. The van der Waals surface area contributed by atoms with Crippen molar-refractivity contribution in [1.29, 1.82) is 0 Å². The first kappa shape index (κ1) is 12.7. The molecule has 0 fully saturated rings.